The fraction of sp³-hybridized carbons (Fsp3) is 0.929. The summed E-state index contributed by atoms with van der Waals surface area (Å²) in [6, 6.07) is 0.239. The van der Waals surface area contributed by atoms with Gasteiger partial charge in [-0.3, -0.25) is 10.1 Å². The Balaban J connectivity index is 2.44. The lowest BCUT2D eigenvalue weighted by Gasteiger charge is -2.32. The average molecular weight is 257 g/mol. The van der Waals surface area contributed by atoms with E-state index < -0.39 is 5.54 Å². The number of rotatable bonds is 8. The van der Waals surface area contributed by atoms with Gasteiger partial charge >= 0.3 is 5.97 Å². The molecular formula is C14H27NO3. The van der Waals surface area contributed by atoms with E-state index in [9.17, 15) is 4.79 Å². The molecule has 0 amide bonds. The highest BCUT2D eigenvalue weighted by Crippen LogP contribution is 2.23. The first-order valence-corrected chi connectivity index (χ1v) is 7.04. The molecular weight excluding hydrogens is 230 g/mol. The van der Waals surface area contributed by atoms with E-state index in [4.69, 9.17) is 9.47 Å². The van der Waals surface area contributed by atoms with E-state index in [0.717, 1.165) is 12.8 Å². The summed E-state index contributed by atoms with van der Waals surface area (Å²) in [6.07, 6.45) is 4.65. The van der Waals surface area contributed by atoms with Crippen LogP contribution in [0.1, 0.15) is 53.4 Å². The molecule has 1 aliphatic rings. The highest BCUT2D eigenvalue weighted by atomic mass is 16.5. The minimum absolute atomic E-state index is 0.184. The molecule has 0 aliphatic heterocycles. The van der Waals surface area contributed by atoms with Gasteiger partial charge in [-0.25, -0.2) is 0 Å². The van der Waals surface area contributed by atoms with Crippen LogP contribution < -0.4 is 5.32 Å². The van der Waals surface area contributed by atoms with Crippen molar-refractivity contribution in [3.63, 3.8) is 0 Å². The lowest BCUT2D eigenvalue weighted by Crippen LogP contribution is -2.54. The summed E-state index contributed by atoms with van der Waals surface area (Å²) >= 11 is 0. The van der Waals surface area contributed by atoms with Crippen molar-refractivity contribution in [2.45, 2.75) is 71.1 Å². The zero-order valence-electron chi connectivity index (χ0n) is 12.1. The van der Waals surface area contributed by atoms with Crippen molar-refractivity contribution in [2.75, 3.05) is 13.2 Å². The quantitative estimate of drug-likeness (QED) is 0.678. The predicted octanol–water partition coefficient (Wildman–Crippen LogP) is 2.27. The first-order chi connectivity index (χ1) is 8.48. The van der Waals surface area contributed by atoms with Crippen molar-refractivity contribution in [3.05, 3.63) is 0 Å². The van der Waals surface area contributed by atoms with Gasteiger partial charge in [0.15, 0.2) is 0 Å². The summed E-state index contributed by atoms with van der Waals surface area (Å²) in [4.78, 5) is 12.0. The van der Waals surface area contributed by atoms with Crippen molar-refractivity contribution in [3.8, 4) is 0 Å². The van der Waals surface area contributed by atoms with E-state index in [1.165, 1.54) is 6.42 Å². The van der Waals surface area contributed by atoms with Gasteiger partial charge in [0.2, 0.25) is 0 Å². The fourth-order valence-corrected chi connectivity index (χ4v) is 2.13. The lowest BCUT2D eigenvalue weighted by molar-refractivity contribution is -0.152. The molecule has 4 nitrogen and oxygen atoms in total. The van der Waals surface area contributed by atoms with Crippen LogP contribution in [0.4, 0.5) is 0 Å². The molecule has 0 aromatic heterocycles. The van der Waals surface area contributed by atoms with Crippen molar-refractivity contribution in [1.82, 2.24) is 5.32 Å². The molecule has 1 rings (SSSR count). The normalized spacial score (nSPS) is 19.4. The van der Waals surface area contributed by atoms with Gasteiger partial charge in [0.25, 0.3) is 0 Å². The summed E-state index contributed by atoms with van der Waals surface area (Å²) in [6.45, 7) is 8.82. The van der Waals surface area contributed by atoms with Gasteiger partial charge in [0.1, 0.15) is 5.54 Å². The van der Waals surface area contributed by atoms with Crippen LogP contribution in [0.2, 0.25) is 0 Å². The third-order valence-electron chi connectivity index (χ3n) is 3.34. The van der Waals surface area contributed by atoms with Crippen LogP contribution >= 0.6 is 0 Å². The monoisotopic (exact) mass is 257 g/mol. The molecule has 0 aromatic carbocycles. The van der Waals surface area contributed by atoms with Gasteiger partial charge < -0.3 is 9.47 Å². The van der Waals surface area contributed by atoms with E-state index >= 15 is 0 Å². The molecule has 4 heteroatoms. The van der Waals surface area contributed by atoms with Gasteiger partial charge in [0, 0.05) is 12.6 Å². The minimum atomic E-state index is -0.645. The summed E-state index contributed by atoms with van der Waals surface area (Å²) in [5.41, 5.74) is -0.645. The molecule has 0 aromatic rings. The number of ether oxygens (including phenoxy) is 2. The number of hydrogen-bond acceptors (Lipinski definition) is 4. The molecule has 0 bridgehead atoms. The third-order valence-corrected chi connectivity index (χ3v) is 3.34. The first-order valence-electron chi connectivity index (χ1n) is 7.04. The molecule has 1 N–H and O–H groups in total. The van der Waals surface area contributed by atoms with Gasteiger partial charge in [-0.2, -0.15) is 0 Å². The standard InChI is InChI=1S/C14H27NO3/c1-5-17-13(16)14(4,15-11(2)3)9-10-18-12-7-6-8-12/h11-12,15H,5-10H2,1-4H3. The molecule has 1 saturated carbocycles. The van der Waals surface area contributed by atoms with Crippen LogP contribution in [0.15, 0.2) is 0 Å². The van der Waals surface area contributed by atoms with Crippen LogP contribution in [-0.4, -0.2) is 36.9 Å². The highest BCUT2D eigenvalue weighted by molar-refractivity contribution is 5.80. The zero-order valence-corrected chi connectivity index (χ0v) is 12.1. The van der Waals surface area contributed by atoms with Crippen LogP contribution in [0.5, 0.6) is 0 Å². The van der Waals surface area contributed by atoms with Gasteiger partial charge in [-0.05, 0) is 53.4 Å². The molecule has 18 heavy (non-hydrogen) atoms. The maximum atomic E-state index is 12.0. The lowest BCUT2D eigenvalue weighted by atomic mass is 9.95. The van der Waals surface area contributed by atoms with Crippen molar-refractivity contribution in [1.29, 1.82) is 0 Å². The second-order valence-electron chi connectivity index (χ2n) is 5.53. The molecule has 0 spiro atoms. The molecule has 1 atom stereocenters. The molecule has 106 valence electrons. The Morgan fingerprint density at radius 1 is 1.44 bits per heavy atom. The zero-order chi connectivity index (χ0) is 13.6. The number of carbonyl (C=O) groups excluding carboxylic acids is 1. The fourth-order valence-electron chi connectivity index (χ4n) is 2.13. The summed E-state index contributed by atoms with van der Waals surface area (Å²) in [5, 5.41) is 3.30. The molecule has 1 unspecified atom stereocenters. The molecule has 1 aliphatic carbocycles. The Morgan fingerprint density at radius 3 is 2.56 bits per heavy atom. The topological polar surface area (TPSA) is 47.6 Å². The summed E-state index contributed by atoms with van der Waals surface area (Å²) < 4.78 is 10.9. The third kappa shape index (κ3) is 4.58. The van der Waals surface area contributed by atoms with Crippen LogP contribution in [-0.2, 0) is 14.3 Å². The van der Waals surface area contributed by atoms with Gasteiger partial charge in [-0.15, -0.1) is 0 Å². The van der Waals surface area contributed by atoms with Gasteiger partial charge in [0.05, 0.1) is 12.7 Å². The maximum Gasteiger partial charge on any atom is 0.326 e. The first kappa shape index (κ1) is 15.4. The van der Waals surface area contributed by atoms with E-state index in [1.807, 2.05) is 27.7 Å². The van der Waals surface area contributed by atoms with Crippen molar-refractivity contribution < 1.29 is 14.3 Å². The number of carbonyl (C=O) groups is 1. The molecule has 1 fully saturated rings. The molecule has 0 heterocycles. The van der Waals surface area contributed by atoms with E-state index in [-0.39, 0.29) is 12.0 Å². The van der Waals surface area contributed by atoms with Crippen molar-refractivity contribution in [2.24, 2.45) is 0 Å². The van der Waals surface area contributed by atoms with E-state index in [2.05, 4.69) is 5.32 Å². The SMILES string of the molecule is CCOC(=O)C(C)(CCOC1CCC1)NC(C)C. The number of esters is 1. The Labute approximate surface area is 110 Å². The summed E-state index contributed by atoms with van der Waals surface area (Å²) in [5.74, 6) is -0.184. The predicted molar refractivity (Wildman–Crippen MR) is 71.5 cm³/mol. The second-order valence-corrected chi connectivity index (χ2v) is 5.53. The average Bonchev–Trinajstić information content (AvgIpc) is 2.21. The Hall–Kier alpha value is -0.610. The minimum Gasteiger partial charge on any atom is -0.465 e. The smallest absolute Gasteiger partial charge is 0.326 e. The number of nitrogens with one attached hydrogen (secondary N) is 1. The Morgan fingerprint density at radius 2 is 2.11 bits per heavy atom. The Kier molecular flexibility index (Phi) is 6.09. The van der Waals surface area contributed by atoms with Crippen LogP contribution in [0.25, 0.3) is 0 Å². The summed E-state index contributed by atoms with van der Waals surface area (Å²) in [7, 11) is 0. The van der Waals surface area contributed by atoms with Gasteiger partial charge in [-0.1, -0.05) is 0 Å². The van der Waals surface area contributed by atoms with E-state index in [0.29, 0.717) is 25.7 Å². The maximum absolute atomic E-state index is 12.0. The van der Waals surface area contributed by atoms with Crippen LogP contribution in [0, 0.1) is 0 Å². The van der Waals surface area contributed by atoms with E-state index in [1.54, 1.807) is 0 Å². The van der Waals surface area contributed by atoms with Crippen LogP contribution in [0.3, 0.4) is 0 Å². The highest BCUT2D eigenvalue weighted by Gasteiger charge is 2.35. The second kappa shape index (κ2) is 7.10. The number of hydrogen-bond donors (Lipinski definition) is 1. The Bertz CT molecular complexity index is 264. The largest absolute Gasteiger partial charge is 0.465 e. The molecule has 0 saturated heterocycles. The molecule has 0 radical (unpaired) electrons. The van der Waals surface area contributed by atoms with Crippen molar-refractivity contribution >= 4 is 5.97 Å².